The van der Waals surface area contributed by atoms with Crippen LogP contribution in [0.2, 0.25) is 0 Å². The van der Waals surface area contributed by atoms with Gasteiger partial charge in [-0.05, 0) is 6.42 Å². The van der Waals surface area contributed by atoms with Gasteiger partial charge in [-0.2, -0.15) is 0 Å². The van der Waals surface area contributed by atoms with Crippen molar-refractivity contribution in [2.24, 2.45) is 0 Å². The molecule has 0 unspecified atom stereocenters. The number of nitrogens with zero attached hydrogens (tertiary/aromatic N) is 2. The van der Waals surface area contributed by atoms with Gasteiger partial charge in [0.05, 0.1) is 17.2 Å². The summed E-state index contributed by atoms with van der Waals surface area (Å²) >= 11 is 0. The van der Waals surface area contributed by atoms with Gasteiger partial charge in [-0.15, -0.1) is 6.58 Å². The van der Waals surface area contributed by atoms with E-state index in [0.29, 0.717) is 12.4 Å². The van der Waals surface area contributed by atoms with E-state index in [1.54, 1.807) is 30.0 Å². The molecule has 0 aliphatic heterocycles. The summed E-state index contributed by atoms with van der Waals surface area (Å²) in [5, 5.41) is 3.00. The smallest absolute Gasteiger partial charge is 0.326 e. The lowest BCUT2D eigenvalue weighted by atomic mass is 10.2. The fourth-order valence-corrected chi connectivity index (χ4v) is 2.01. The van der Waals surface area contributed by atoms with Crippen molar-refractivity contribution in [1.29, 1.82) is 0 Å². The van der Waals surface area contributed by atoms with Crippen LogP contribution in [0.25, 0.3) is 17.1 Å². The number of pyridine rings is 1. The van der Waals surface area contributed by atoms with E-state index in [4.69, 9.17) is 0 Å². The van der Waals surface area contributed by atoms with Crippen LogP contribution in [0, 0.1) is 0 Å². The Morgan fingerprint density at radius 2 is 2.33 bits per heavy atom. The van der Waals surface area contributed by atoms with Crippen molar-refractivity contribution in [2.75, 3.05) is 12.4 Å². The Hall–Kier alpha value is -2.30. The maximum absolute atomic E-state index is 11.9. The Morgan fingerprint density at radius 1 is 1.56 bits per heavy atom. The number of aromatic nitrogens is 3. The fraction of sp³-hybridized carbons (Fsp3) is 0.231. The van der Waals surface area contributed by atoms with Gasteiger partial charge >= 0.3 is 5.69 Å². The van der Waals surface area contributed by atoms with Crippen LogP contribution in [0.3, 0.4) is 0 Å². The number of nitrogens with one attached hydrogen (secondary N) is 2. The van der Waals surface area contributed by atoms with Gasteiger partial charge in [-0.1, -0.05) is 18.7 Å². The first-order chi connectivity index (χ1) is 8.72. The van der Waals surface area contributed by atoms with E-state index in [2.05, 4.69) is 28.4 Å². The second-order valence-electron chi connectivity index (χ2n) is 3.90. The summed E-state index contributed by atoms with van der Waals surface area (Å²) in [4.78, 5) is 18.9. The molecule has 0 atom stereocenters. The third-order valence-corrected chi connectivity index (χ3v) is 2.84. The second kappa shape index (κ2) is 4.91. The number of rotatable bonds is 5. The van der Waals surface area contributed by atoms with Crippen LogP contribution < -0.4 is 11.0 Å². The highest BCUT2D eigenvalue weighted by molar-refractivity contribution is 5.89. The molecular formula is C13H16N4O. The lowest BCUT2D eigenvalue weighted by Crippen LogP contribution is -2.16. The van der Waals surface area contributed by atoms with Gasteiger partial charge in [-0.3, -0.25) is 4.57 Å². The van der Waals surface area contributed by atoms with E-state index < -0.39 is 0 Å². The molecule has 2 N–H and O–H groups in total. The SMILES string of the molecule is C=CCCn1c(=O)[nH]c2cnc(NC)c(C=C)c21. The summed E-state index contributed by atoms with van der Waals surface area (Å²) in [5.74, 6) is 0.712. The minimum absolute atomic E-state index is 0.134. The molecule has 0 aliphatic carbocycles. The van der Waals surface area contributed by atoms with E-state index in [9.17, 15) is 4.79 Å². The number of hydrogen-bond acceptors (Lipinski definition) is 3. The van der Waals surface area contributed by atoms with Crippen LogP contribution in [0.15, 0.2) is 30.2 Å². The molecule has 0 bridgehead atoms. The zero-order chi connectivity index (χ0) is 13.1. The molecule has 0 saturated carbocycles. The molecule has 2 rings (SSSR count). The normalized spacial score (nSPS) is 10.5. The minimum Gasteiger partial charge on any atom is -0.373 e. The molecule has 2 aromatic heterocycles. The van der Waals surface area contributed by atoms with E-state index in [0.717, 1.165) is 23.0 Å². The summed E-state index contributed by atoms with van der Waals surface area (Å²) in [6, 6.07) is 0. The maximum Gasteiger partial charge on any atom is 0.326 e. The number of imidazole rings is 1. The first-order valence-electron chi connectivity index (χ1n) is 5.75. The number of fused-ring (bicyclic) bond motifs is 1. The number of anilines is 1. The van der Waals surface area contributed by atoms with Gasteiger partial charge in [0.25, 0.3) is 0 Å². The van der Waals surface area contributed by atoms with Crippen LogP contribution in [0.1, 0.15) is 12.0 Å². The molecule has 2 heterocycles. The third kappa shape index (κ3) is 1.84. The molecule has 0 amide bonds. The number of aryl methyl sites for hydroxylation is 1. The summed E-state index contributed by atoms with van der Waals surface area (Å²) < 4.78 is 1.69. The van der Waals surface area contributed by atoms with Crippen LogP contribution in [0.5, 0.6) is 0 Å². The predicted octanol–water partition coefficient (Wildman–Crippen LogP) is 1.99. The topological polar surface area (TPSA) is 62.7 Å². The van der Waals surface area contributed by atoms with Gasteiger partial charge in [0.15, 0.2) is 0 Å². The Labute approximate surface area is 105 Å². The highest BCUT2D eigenvalue weighted by Crippen LogP contribution is 2.23. The van der Waals surface area contributed by atoms with Crippen molar-refractivity contribution in [3.05, 3.63) is 41.5 Å². The molecule has 0 radical (unpaired) electrons. The number of H-pyrrole nitrogens is 1. The van der Waals surface area contributed by atoms with Crippen molar-refractivity contribution in [2.45, 2.75) is 13.0 Å². The molecule has 94 valence electrons. The Kier molecular flexibility index (Phi) is 3.32. The van der Waals surface area contributed by atoms with Crippen LogP contribution in [-0.2, 0) is 6.54 Å². The summed E-state index contributed by atoms with van der Waals surface area (Å²) in [6.07, 6.45) is 5.89. The molecule has 0 aliphatic rings. The van der Waals surface area contributed by atoms with Gasteiger partial charge in [0, 0.05) is 19.2 Å². The van der Waals surface area contributed by atoms with Crippen molar-refractivity contribution < 1.29 is 0 Å². The molecule has 0 aromatic carbocycles. The molecule has 0 spiro atoms. The predicted molar refractivity (Wildman–Crippen MR) is 74.8 cm³/mol. The zero-order valence-electron chi connectivity index (χ0n) is 10.4. The highest BCUT2D eigenvalue weighted by atomic mass is 16.1. The van der Waals surface area contributed by atoms with Crippen molar-refractivity contribution >= 4 is 22.9 Å². The van der Waals surface area contributed by atoms with Crippen molar-refractivity contribution in [3.8, 4) is 0 Å². The average molecular weight is 244 g/mol. The Morgan fingerprint density at radius 3 is 2.94 bits per heavy atom. The van der Waals surface area contributed by atoms with Crippen molar-refractivity contribution in [1.82, 2.24) is 14.5 Å². The number of hydrogen-bond donors (Lipinski definition) is 2. The lowest BCUT2D eigenvalue weighted by molar-refractivity contribution is 0.704. The lowest BCUT2D eigenvalue weighted by Gasteiger charge is -2.08. The molecule has 5 heteroatoms. The highest BCUT2D eigenvalue weighted by Gasteiger charge is 2.12. The zero-order valence-corrected chi connectivity index (χ0v) is 10.4. The van der Waals surface area contributed by atoms with E-state index in [-0.39, 0.29) is 5.69 Å². The standard InChI is InChI=1S/C13H16N4O/c1-4-6-7-17-11-9(5-2)12(14-3)15-8-10(11)16-13(17)18/h4-5,8H,1-2,6-7H2,3H3,(H,14,15)(H,16,18). The third-order valence-electron chi connectivity index (χ3n) is 2.84. The van der Waals surface area contributed by atoms with Gasteiger partial charge in [0.2, 0.25) is 0 Å². The molecule has 2 aromatic rings. The second-order valence-corrected chi connectivity index (χ2v) is 3.90. The molecule has 0 fully saturated rings. The van der Waals surface area contributed by atoms with E-state index in [1.165, 1.54) is 0 Å². The maximum atomic E-state index is 11.9. The molecule has 0 saturated heterocycles. The first kappa shape index (κ1) is 12.2. The number of allylic oxidation sites excluding steroid dienone is 1. The van der Waals surface area contributed by atoms with Crippen LogP contribution in [0.4, 0.5) is 5.82 Å². The van der Waals surface area contributed by atoms with Crippen molar-refractivity contribution in [3.63, 3.8) is 0 Å². The van der Waals surface area contributed by atoms with Crippen LogP contribution >= 0.6 is 0 Å². The minimum atomic E-state index is -0.134. The average Bonchev–Trinajstić information content (AvgIpc) is 2.70. The van der Waals surface area contributed by atoms with Gasteiger partial charge in [0.1, 0.15) is 5.82 Å². The van der Waals surface area contributed by atoms with E-state index >= 15 is 0 Å². The van der Waals surface area contributed by atoms with E-state index in [1.807, 2.05) is 0 Å². The van der Waals surface area contributed by atoms with Gasteiger partial charge in [-0.25, -0.2) is 9.78 Å². The quantitative estimate of drug-likeness (QED) is 0.791. The summed E-state index contributed by atoms with van der Waals surface area (Å²) in [7, 11) is 1.79. The number of aromatic amines is 1. The largest absolute Gasteiger partial charge is 0.373 e. The Balaban J connectivity index is 2.75. The molecule has 5 nitrogen and oxygen atoms in total. The Bertz CT molecular complexity index is 651. The summed E-state index contributed by atoms with van der Waals surface area (Å²) in [5.41, 5.74) is 2.25. The van der Waals surface area contributed by atoms with Gasteiger partial charge < -0.3 is 10.3 Å². The first-order valence-corrected chi connectivity index (χ1v) is 5.75. The summed E-state index contributed by atoms with van der Waals surface area (Å²) in [6.45, 7) is 8.06. The molecule has 18 heavy (non-hydrogen) atoms. The fourth-order valence-electron chi connectivity index (χ4n) is 2.01. The molecular weight excluding hydrogens is 228 g/mol. The monoisotopic (exact) mass is 244 g/mol. The van der Waals surface area contributed by atoms with Crippen LogP contribution in [-0.4, -0.2) is 21.6 Å².